The van der Waals surface area contributed by atoms with E-state index in [9.17, 15) is 4.79 Å². The number of likely N-dealkylation sites (N-methyl/N-ethyl adjacent to an activating group) is 1. The number of anilines is 2. The molecule has 150 valence electrons. The lowest BCUT2D eigenvalue weighted by atomic mass is 9.97. The second-order valence-electron chi connectivity index (χ2n) is 7.79. The van der Waals surface area contributed by atoms with Crippen molar-refractivity contribution in [2.24, 2.45) is 0 Å². The van der Waals surface area contributed by atoms with Crippen LogP contribution >= 0.6 is 0 Å². The lowest BCUT2D eigenvalue weighted by Gasteiger charge is -2.23. The average molecular weight is 382 g/mol. The van der Waals surface area contributed by atoms with E-state index >= 15 is 0 Å². The van der Waals surface area contributed by atoms with Gasteiger partial charge in [-0.3, -0.25) is 4.79 Å². The van der Waals surface area contributed by atoms with Crippen molar-refractivity contribution >= 4 is 17.3 Å². The van der Waals surface area contributed by atoms with Gasteiger partial charge in [-0.15, -0.1) is 0 Å². The van der Waals surface area contributed by atoms with Gasteiger partial charge in [0.15, 0.2) is 0 Å². The summed E-state index contributed by atoms with van der Waals surface area (Å²) in [7, 11) is 5.87. The molecule has 3 rings (SSSR count). The zero-order valence-electron chi connectivity index (χ0n) is 17.4. The molecule has 5 heteroatoms. The summed E-state index contributed by atoms with van der Waals surface area (Å²) in [5.41, 5.74) is 3.91. The number of nitrogens with one attached hydrogen (secondary N) is 1. The van der Waals surface area contributed by atoms with E-state index < -0.39 is 0 Å². The van der Waals surface area contributed by atoms with Crippen LogP contribution in [0.2, 0.25) is 0 Å². The fraction of sp³-hybridized carbons (Fsp3) is 0.435. The normalized spacial score (nSPS) is 15.0. The molecule has 1 atom stereocenters. The second kappa shape index (κ2) is 9.11. The van der Waals surface area contributed by atoms with Crippen molar-refractivity contribution in [2.75, 3.05) is 46.2 Å². The molecule has 0 radical (unpaired) electrons. The van der Waals surface area contributed by atoms with Gasteiger partial charge in [-0.25, -0.2) is 0 Å². The summed E-state index contributed by atoms with van der Waals surface area (Å²) in [6.45, 7) is 4.88. The van der Waals surface area contributed by atoms with Crippen molar-refractivity contribution in [2.45, 2.75) is 25.7 Å². The van der Waals surface area contributed by atoms with Crippen LogP contribution in [-0.4, -0.2) is 56.5 Å². The summed E-state index contributed by atoms with van der Waals surface area (Å²) in [5, 5.41) is 3.51. The van der Waals surface area contributed by atoms with Crippen molar-refractivity contribution in [3.8, 4) is 5.75 Å². The molecular formula is C23H31N3O2. The number of carbonyl (C=O) groups is 1. The van der Waals surface area contributed by atoms with Gasteiger partial charge in [0.25, 0.3) is 5.91 Å². The Hall–Kier alpha value is -2.53. The van der Waals surface area contributed by atoms with Crippen LogP contribution in [0.25, 0.3) is 0 Å². The molecule has 2 aromatic carbocycles. The molecule has 28 heavy (non-hydrogen) atoms. The first-order valence-corrected chi connectivity index (χ1v) is 9.97. The van der Waals surface area contributed by atoms with Crippen molar-refractivity contribution in [1.29, 1.82) is 0 Å². The maximum atomic E-state index is 12.5. The maximum Gasteiger partial charge on any atom is 0.253 e. The third-order valence-electron chi connectivity index (χ3n) is 5.22. The van der Waals surface area contributed by atoms with Gasteiger partial charge < -0.3 is 19.9 Å². The molecule has 1 unspecified atom stereocenters. The molecule has 0 spiro atoms. The molecule has 1 N–H and O–H groups in total. The van der Waals surface area contributed by atoms with E-state index in [-0.39, 0.29) is 5.91 Å². The third-order valence-corrected chi connectivity index (χ3v) is 5.22. The number of nitrogens with zero attached hydrogens (tertiary/aromatic N) is 2. The average Bonchev–Trinajstić information content (AvgIpc) is 3.22. The first-order chi connectivity index (χ1) is 13.5. The predicted octanol–water partition coefficient (Wildman–Crippen LogP) is 4.34. The van der Waals surface area contributed by atoms with Crippen LogP contribution in [0, 0.1) is 0 Å². The molecule has 2 aromatic rings. The molecule has 1 aliphatic heterocycles. The molecule has 1 saturated heterocycles. The summed E-state index contributed by atoms with van der Waals surface area (Å²) in [5.74, 6) is 1.33. The van der Waals surface area contributed by atoms with E-state index in [4.69, 9.17) is 4.74 Å². The van der Waals surface area contributed by atoms with Crippen molar-refractivity contribution in [3.05, 3.63) is 53.6 Å². The monoisotopic (exact) mass is 381 g/mol. The van der Waals surface area contributed by atoms with Gasteiger partial charge in [0.05, 0.1) is 7.11 Å². The standard InChI is InChI=1S/C23H31N3O2/c1-17(16-25(2)3)22-20(8-7-9-21(22)28-4)24-19-12-10-18(11-13-19)23(27)26-14-5-6-15-26/h7-13,17,24H,5-6,14-16H2,1-4H3. The fourth-order valence-corrected chi connectivity index (χ4v) is 3.93. The minimum Gasteiger partial charge on any atom is -0.496 e. The van der Waals surface area contributed by atoms with Crippen molar-refractivity contribution < 1.29 is 9.53 Å². The Bertz CT molecular complexity index is 796. The van der Waals surface area contributed by atoms with E-state index in [0.717, 1.165) is 60.7 Å². The summed E-state index contributed by atoms with van der Waals surface area (Å²) in [6.07, 6.45) is 2.21. The van der Waals surface area contributed by atoms with E-state index in [1.54, 1.807) is 7.11 Å². The second-order valence-corrected chi connectivity index (χ2v) is 7.79. The highest BCUT2D eigenvalue weighted by molar-refractivity contribution is 5.94. The number of hydrogen-bond acceptors (Lipinski definition) is 4. The quantitative estimate of drug-likeness (QED) is 0.775. The number of amides is 1. The van der Waals surface area contributed by atoms with Crippen molar-refractivity contribution in [1.82, 2.24) is 9.80 Å². The smallest absolute Gasteiger partial charge is 0.253 e. The van der Waals surface area contributed by atoms with Gasteiger partial charge in [0.1, 0.15) is 5.75 Å². The SMILES string of the molecule is COc1cccc(Nc2ccc(C(=O)N3CCCC3)cc2)c1C(C)CN(C)C. The lowest BCUT2D eigenvalue weighted by Crippen LogP contribution is -2.27. The van der Waals surface area contributed by atoms with E-state index in [0.29, 0.717) is 5.92 Å². The van der Waals surface area contributed by atoms with Gasteiger partial charge in [-0.05, 0) is 69.3 Å². The topological polar surface area (TPSA) is 44.8 Å². The first kappa shape index (κ1) is 20.2. The summed E-state index contributed by atoms with van der Waals surface area (Å²) < 4.78 is 5.63. The summed E-state index contributed by atoms with van der Waals surface area (Å²) in [4.78, 5) is 16.6. The van der Waals surface area contributed by atoms with Crippen LogP contribution in [-0.2, 0) is 0 Å². The molecule has 0 aromatic heterocycles. The molecule has 1 heterocycles. The molecule has 1 amide bonds. The Morgan fingerprint density at radius 2 is 1.82 bits per heavy atom. The van der Waals surface area contributed by atoms with Gasteiger partial charge in [0.2, 0.25) is 0 Å². The minimum absolute atomic E-state index is 0.130. The third kappa shape index (κ3) is 4.65. The van der Waals surface area contributed by atoms with Crippen LogP contribution in [0.15, 0.2) is 42.5 Å². The number of ether oxygens (including phenoxy) is 1. The largest absolute Gasteiger partial charge is 0.496 e. The first-order valence-electron chi connectivity index (χ1n) is 9.97. The summed E-state index contributed by atoms with van der Waals surface area (Å²) >= 11 is 0. The lowest BCUT2D eigenvalue weighted by molar-refractivity contribution is 0.0793. The van der Waals surface area contributed by atoms with Crippen LogP contribution in [0.5, 0.6) is 5.75 Å². The number of rotatable bonds is 7. The molecule has 1 aliphatic rings. The van der Waals surface area contributed by atoms with Crippen LogP contribution < -0.4 is 10.1 Å². The van der Waals surface area contributed by atoms with E-state index in [1.165, 1.54) is 0 Å². The summed E-state index contributed by atoms with van der Waals surface area (Å²) in [6, 6.07) is 13.8. The molecule has 0 aliphatic carbocycles. The highest BCUT2D eigenvalue weighted by Crippen LogP contribution is 2.35. The van der Waals surface area contributed by atoms with Crippen LogP contribution in [0.3, 0.4) is 0 Å². The van der Waals surface area contributed by atoms with Gasteiger partial charge in [-0.1, -0.05) is 13.0 Å². The number of carbonyl (C=O) groups excluding carboxylic acids is 1. The van der Waals surface area contributed by atoms with E-state index in [2.05, 4.69) is 37.3 Å². The molecular weight excluding hydrogens is 350 g/mol. The van der Waals surface area contributed by atoms with Crippen molar-refractivity contribution in [3.63, 3.8) is 0 Å². The Morgan fingerprint density at radius 1 is 1.14 bits per heavy atom. The van der Waals surface area contributed by atoms with Crippen LogP contribution in [0.4, 0.5) is 11.4 Å². The highest BCUT2D eigenvalue weighted by Gasteiger charge is 2.20. The minimum atomic E-state index is 0.130. The molecule has 1 fully saturated rings. The zero-order valence-corrected chi connectivity index (χ0v) is 17.4. The van der Waals surface area contributed by atoms with Gasteiger partial charge in [0, 0.05) is 42.1 Å². The number of hydrogen-bond donors (Lipinski definition) is 1. The van der Waals surface area contributed by atoms with Gasteiger partial charge >= 0.3 is 0 Å². The predicted molar refractivity (Wildman–Crippen MR) is 115 cm³/mol. The molecule has 5 nitrogen and oxygen atoms in total. The highest BCUT2D eigenvalue weighted by atomic mass is 16.5. The number of likely N-dealkylation sites (tertiary alicyclic amines) is 1. The van der Waals surface area contributed by atoms with E-state index in [1.807, 2.05) is 41.3 Å². The molecule has 0 bridgehead atoms. The number of methoxy groups -OCH3 is 1. The zero-order chi connectivity index (χ0) is 20.1. The fourth-order valence-electron chi connectivity index (χ4n) is 3.93. The van der Waals surface area contributed by atoms with Crippen LogP contribution in [0.1, 0.15) is 41.6 Å². The number of benzene rings is 2. The Balaban J connectivity index is 1.80. The molecule has 0 saturated carbocycles. The Labute approximate surface area is 168 Å². The maximum absolute atomic E-state index is 12.5. The Kier molecular flexibility index (Phi) is 6.57. The van der Waals surface area contributed by atoms with Gasteiger partial charge in [-0.2, -0.15) is 0 Å². The Morgan fingerprint density at radius 3 is 2.43 bits per heavy atom.